The molecule has 1 aromatic heterocycles. The molecule has 0 radical (unpaired) electrons. The standard InChI is InChI=1S/C24H29FN6O/c25-21-7-3-2-6-19(21)13-15-27-23-28-22(26-14-12-18-8-10-20(32)11-9-18)29-24(30-23)31-16-4-1-5-17-31/h2-3,6-11,32H,1,4-5,12-17H2,(H2,26,27,28,29,30). The molecule has 0 atom stereocenters. The molecule has 0 saturated carbocycles. The fraction of sp³-hybridized carbons (Fsp3) is 0.375. The van der Waals surface area contributed by atoms with E-state index >= 15 is 0 Å². The summed E-state index contributed by atoms with van der Waals surface area (Å²) in [4.78, 5) is 16.0. The first-order valence-corrected chi connectivity index (χ1v) is 11.2. The summed E-state index contributed by atoms with van der Waals surface area (Å²) in [5, 5.41) is 16.0. The lowest BCUT2D eigenvalue weighted by molar-refractivity contribution is 0.475. The predicted molar refractivity (Wildman–Crippen MR) is 125 cm³/mol. The lowest BCUT2D eigenvalue weighted by atomic mass is 10.1. The van der Waals surface area contributed by atoms with Crippen molar-refractivity contribution in [3.63, 3.8) is 0 Å². The highest BCUT2D eigenvalue weighted by Gasteiger charge is 2.16. The first kappa shape index (κ1) is 21.8. The fourth-order valence-electron chi connectivity index (χ4n) is 3.75. The molecule has 0 aliphatic carbocycles. The number of hydrogen-bond donors (Lipinski definition) is 3. The Morgan fingerprint density at radius 2 is 1.47 bits per heavy atom. The molecule has 8 heteroatoms. The van der Waals surface area contributed by atoms with Crippen molar-refractivity contribution in [3.05, 3.63) is 65.5 Å². The van der Waals surface area contributed by atoms with Crippen LogP contribution in [0.1, 0.15) is 30.4 Å². The van der Waals surface area contributed by atoms with Gasteiger partial charge in [-0.05, 0) is 61.4 Å². The van der Waals surface area contributed by atoms with Crippen molar-refractivity contribution in [1.29, 1.82) is 0 Å². The van der Waals surface area contributed by atoms with Crippen LogP contribution in [-0.4, -0.2) is 46.2 Å². The second-order valence-corrected chi connectivity index (χ2v) is 7.94. The van der Waals surface area contributed by atoms with E-state index in [1.165, 1.54) is 12.5 Å². The van der Waals surface area contributed by atoms with E-state index in [0.29, 0.717) is 42.9 Å². The van der Waals surface area contributed by atoms with Crippen LogP contribution < -0.4 is 15.5 Å². The Balaban J connectivity index is 1.42. The van der Waals surface area contributed by atoms with Crippen LogP contribution in [0.3, 0.4) is 0 Å². The van der Waals surface area contributed by atoms with Gasteiger partial charge in [0.05, 0.1) is 0 Å². The molecule has 168 valence electrons. The number of nitrogens with one attached hydrogen (secondary N) is 2. The van der Waals surface area contributed by atoms with Crippen molar-refractivity contribution < 1.29 is 9.50 Å². The maximum Gasteiger partial charge on any atom is 0.231 e. The quantitative estimate of drug-likeness (QED) is 0.467. The molecule has 3 aromatic rings. The molecule has 0 amide bonds. The molecule has 4 rings (SSSR count). The Labute approximate surface area is 187 Å². The number of nitrogens with zero attached hydrogens (tertiary/aromatic N) is 4. The summed E-state index contributed by atoms with van der Waals surface area (Å²) in [6.45, 7) is 3.05. The van der Waals surface area contributed by atoms with Gasteiger partial charge in [0.1, 0.15) is 11.6 Å². The van der Waals surface area contributed by atoms with E-state index < -0.39 is 0 Å². The second kappa shape index (κ2) is 10.7. The third-order valence-corrected chi connectivity index (χ3v) is 5.53. The van der Waals surface area contributed by atoms with Crippen molar-refractivity contribution in [2.24, 2.45) is 0 Å². The third kappa shape index (κ3) is 6.06. The molecule has 1 saturated heterocycles. The summed E-state index contributed by atoms with van der Waals surface area (Å²) in [5.74, 6) is 1.74. The highest BCUT2D eigenvalue weighted by molar-refractivity contribution is 5.44. The van der Waals surface area contributed by atoms with Crippen LogP contribution in [0.2, 0.25) is 0 Å². The van der Waals surface area contributed by atoms with Gasteiger partial charge in [-0.15, -0.1) is 0 Å². The predicted octanol–water partition coefficient (Wildman–Crippen LogP) is 4.02. The Morgan fingerprint density at radius 3 is 2.16 bits per heavy atom. The first-order chi connectivity index (χ1) is 15.7. The van der Waals surface area contributed by atoms with Crippen LogP contribution in [-0.2, 0) is 12.8 Å². The number of rotatable bonds is 9. The van der Waals surface area contributed by atoms with Gasteiger partial charge in [-0.3, -0.25) is 0 Å². The van der Waals surface area contributed by atoms with Crippen molar-refractivity contribution in [3.8, 4) is 5.75 Å². The number of aromatic nitrogens is 3. The van der Waals surface area contributed by atoms with Gasteiger partial charge >= 0.3 is 0 Å². The van der Waals surface area contributed by atoms with E-state index in [1.807, 2.05) is 18.2 Å². The Hall–Kier alpha value is -3.42. The molecule has 7 nitrogen and oxygen atoms in total. The number of phenols is 1. The SMILES string of the molecule is Oc1ccc(CCNc2nc(NCCc3ccccc3F)nc(N3CCCCC3)n2)cc1. The number of benzene rings is 2. The van der Waals surface area contributed by atoms with Crippen LogP contribution in [0.4, 0.5) is 22.2 Å². The van der Waals surface area contributed by atoms with Gasteiger partial charge < -0.3 is 20.6 Å². The molecule has 2 aromatic carbocycles. The maximum absolute atomic E-state index is 13.9. The zero-order chi connectivity index (χ0) is 22.2. The van der Waals surface area contributed by atoms with Gasteiger partial charge in [0.25, 0.3) is 0 Å². The smallest absolute Gasteiger partial charge is 0.231 e. The summed E-state index contributed by atoms with van der Waals surface area (Å²) in [6.07, 6.45) is 4.81. The van der Waals surface area contributed by atoms with Crippen molar-refractivity contribution in [1.82, 2.24) is 15.0 Å². The highest BCUT2D eigenvalue weighted by atomic mass is 19.1. The molecular formula is C24H29FN6O. The van der Waals surface area contributed by atoms with Gasteiger partial charge in [-0.1, -0.05) is 30.3 Å². The lowest BCUT2D eigenvalue weighted by Crippen LogP contribution is -2.31. The minimum Gasteiger partial charge on any atom is -0.508 e. The van der Waals surface area contributed by atoms with Crippen molar-refractivity contribution in [2.75, 3.05) is 41.7 Å². The highest BCUT2D eigenvalue weighted by Crippen LogP contribution is 2.19. The molecule has 0 spiro atoms. The molecule has 0 unspecified atom stereocenters. The number of aromatic hydroxyl groups is 1. The fourth-order valence-corrected chi connectivity index (χ4v) is 3.75. The molecule has 1 aliphatic rings. The lowest BCUT2D eigenvalue weighted by Gasteiger charge is -2.27. The normalized spacial score (nSPS) is 13.7. The molecule has 0 bridgehead atoms. The zero-order valence-electron chi connectivity index (χ0n) is 18.1. The van der Waals surface area contributed by atoms with E-state index in [9.17, 15) is 9.50 Å². The molecule has 3 N–H and O–H groups in total. The number of anilines is 3. The average molecular weight is 437 g/mol. The average Bonchev–Trinajstić information content (AvgIpc) is 2.82. The summed E-state index contributed by atoms with van der Waals surface area (Å²) in [7, 11) is 0. The molecule has 2 heterocycles. The van der Waals surface area contributed by atoms with E-state index in [2.05, 4.69) is 30.5 Å². The van der Waals surface area contributed by atoms with Crippen LogP contribution in [0.25, 0.3) is 0 Å². The van der Waals surface area contributed by atoms with E-state index in [-0.39, 0.29) is 11.6 Å². The van der Waals surface area contributed by atoms with Crippen molar-refractivity contribution in [2.45, 2.75) is 32.1 Å². The Bertz CT molecular complexity index is 1010. The topological polar surface area (TPSA) is 86.2 Å². The monoisotopic (exact) mass is 436 g/mol. The number of piperidine rings is 1. The van der Waals surface area contributed by atoms with Crippen molar-refractivity contribution >= 4 is 17.8 Å². The van der Waals surface area contributed by atoms with Gasteiger partial charge in [0.15, 0.2) is 0 Å². The molecule has 1 fully saturated rings. The molecule has 32 heavy (non-hydrogen) atoms. The number of halogens is 1. The van der Waals surface area contributed by atoms with Gasteiger partial charge in [0, 0.05) is 26.2 Å². The third-order valence-electron chi connectivity index (χ3n) is 5.53. The Morgan fingerprint density at radius 1 is 0.812 bits per heavy atom. The van der Waals surface area contributed by atoms with Crippen LogP contribution in [0.5, 0.6) is 5.75 Å². The Kier molecular flexibility index (Phi) is 7.32. The van der Waals surface area contributed by atoms with E-state index in [4.69, 9.17) is 0 Å². The van der Waals surface area contributed by atoms with Crippen LogP contribution in [0.15, 0.2) is 48.5 Å². The van der Waals surface area contributed by atoms with E-state index in [0.717, 1.165) is 37.9 Å². The van der Waals surface area contributed by atoms with Gasteiger partial charge in [0.2, 0.25) is 17.8 Å². The maximum atomic E-state index is 13.9. The first-order valence-electron chi connectivity index (χ1n) is 11.2. The summed E-state index contributed by atoms with van der Waals surface area (Å²) in [6, 6.07) is 14.0. The van der Waals surface area contributed by atoms with Crippen LogP contribution in [0, 0.1) is 5.82 Å². The summed E-state index contributed by atoms with van der Waals surface area (Å²) >= 11 is 0. The summed E-state index contributed by atoms with van der Waals surface area (Å²) in [5.41, 5.74) is 1.78. The van der Waals surface area contributed by atoms with E-state index in [1.54, 1.807) is 24.3 Å². The van der Waals surface area contributed by atoms with Gasteiger partial charge in [-0.25, -0.2) is 4.39 Å². The van der Waals surface area contributed by atoms with Crippen LogP contribution >= 0.6 is 0 Å². The minimum absolute atomic E-state index is 0.199. The summed E-state index contributed by atoms with van der Waals surface area (Å²) < 4.78 is 13.9. The largest absolute Gasteiger partial charge is 0.508 e. The second-order valence-electron chi connectivity index (χ2n) is 7.94. The zero-order valence-corrected chi connectivity index (χ0v) is 18.1. The molecular weight excluding hydrogens is 407 g/mol. The van der Waals surface area contributed by atoms with Gasteiger partial charge in [-0.2, -0.15) is 15.0 Å². The minimum atomic E-state index is -0.199. The molecule has 1 aliphatic heterocycles. The number of phenolic OH excluding ortho intramolecular Hbond substituents is 1. The number of hydrogen-bond acceptors (Lipinski definition) is 7.